The fourth-order valence-electron chi connectivity index (χ4n) is 2.04. The lowest BCUT2D eigenvalue weighted by molar-refractivity contribution is -0.122. The number of hydrogen-bond donors (Lipinski definition) is 2. The van der Waals surface area contributed by atoms with Gasteiger partial charge in [0.25, 0.3) is 0 Å². The molecule has 20 heavy (non-hydrogen) atoms. The summed E-state index contributed by atoms with van der Waals surface area (Å²) >= 11 is 0. The van der Waals surface area contributed by atoms with Gasteiger partial charge in [0.1, 0.15) is 11.8 Å². The lowest BCUT2D eigenvalue weighted by Gasteiger charge is -2.18. The number of benzene rings is 1. The summed E-state index contributed by atoms with van der Waals surface area (Å²) in [5.41, 5.74) is 6.55. The average molecular weight is 272 g/mol. The van der Waals surface area contributed by atoms with E-state index in [1.807, 2.05) is 49.4 Å². The Morgan fingerprint density at radius 2 is 2.00 bits per heavy atom. The Bertz CT molecular complexity index is 523. The predicted octanol–water partition coefficient (Wildman–Crippen LogP) is 2.47. The number of carbonyl (C=O) groups is 1. The van der Waals surface area contributed by atoms with Crippen LogP contribution in [0.2, 0.25) is 0 Å². The van der Waals surface area contributed by atoms with Crippen molar-refractivity contribution in [2.24, 2.45) is 11.7 Å². The van der Waals surface area contributed by atoms with E-state index in [9.17, 15) is 4.79 Å². The van der Waals surface area contributed by atoms with Crippen LogP contribution in [0.25, 0.3) is 0 Å². The quantitative estimate of drug-likeness (QED) is 0.848. The molecular weight excluding hydrogens is 252 g/mol. The molecule has 0 fully saturated rings. The Balaban J connectivity index is 2.14. The molecule has 1 heterocycles. The first-order chi connectivity index (χ1) is 9.70. The second-order valence-corrected chi connectivity index (χ2v) is 4.97. The molecule has 3 N–H and O–H groups in total. The number of amides is 1. The second-order valence-electron chi connectivity index (χ2n) is 4.97. The summed E-state index contributed by atoms with van der Waals surface area (Å²) in [4.78, 5) is 12.1. The molecule has 2 unspecified atom stereocenters. The third kappa shape index (κ3) is 3.71. The monoisotopic (exact) mass is 272 g/mol. The van der Waals surface area contributed by atoms with Gasteiger partial charge in [-0.25, -0.2) is 0 Å². The number of rotatable bonds is 6. The van der Waals surface area contributed by atoms with Crippen LogP contribution in [-0.2, 0) is 4.79 Å². The first kappa shape index (κ1) is 14.3. The van der Waals surface area contributed by atoms with E-state index < -0.39 is 0 Å². The van der Waals surface area contributed by atoms with Gasteiger partial charge in [-0.05, 0) is 30.2 Å². The molecule has 0 aliphatic rings. The summed E-state index contributed by atoms with van der Waals surface area (Å²) in [5.74, 6) is 0.876. The summed E-state index contributed by atoms with van der Waals surface area (Å²) in [6.45, 7) is 2.47. The minimum absolute atomic E-state index is 0.0202. The van der Waals surface area contributed by atoms with Gasteiger partial charge in [-0.15, -0.1) is 0 Å². The number of carbonyl (C=O) groups excluding carboxylic acids is 1. The van der Waals surface area contributed by atoms with Crippen LogP contribution in [0.1, 0.15) is 30.7 Å². The molecule has 2 aromatic rings. The standard InChI is InChI=1S/C16H20N2O2/c1-12(11-17)10-15(19)18-16(14-8-5-9-20-14)13-6-3-2-4-7-13/h2-9,12,16H,10-11,17H2,1H3,(H,18,19). The van der Waals surface area contributed by atoms with Gasteiger partial charge in [-0.3, -0.25) is 4.79 Å². The fourth-order valence-corrected chi connectivity index (χ4v) is 2.04. The highest BCUT2D eigenvalue weighted by atomic mass is 16.3. The molecule has 0 radical (unpaired) electrons. The molecule has 0 bridgehead atoms. The van der Waals surface area contributed by atoms with E-state index in [1.165, 1.54) is 0 Å². The third-order valence-corrected chi connectivity index (χ3v) is 3.20. The van der Waals surface area contributed by atoms with Gasteiger partial charge in [0.15, 0.2) is 0 Å². The molecule has 0 saturated heterocycles. The zero-order chi connectivity index (χ0) is 14.4. The van der Waals surface area contributed by atoms with Gasteiger partial charge in [-0.1, -0.05) is 37.3 Å². The van der Waals surface area contributed by atoms with Crippen LogP contribution in [0.3, 0.4) is 0 Å². The van der Waals surface area contributed by atoms with Crippen molar-refractivity contribution >= 4 is 5.91 Å². The van der Waals surface area contributed by atoms with E-state index in [4.69, 9.17) is 10.2 Å². The van der Waals surface area contributed by atoms with Gasteiger partial charge in [0.05, 0.1) is 6.26 Å². The zero-order valence-corrected chi connectivity index (χ0v) is 11.6. The van der Waals surface area contributed by atoms with Crippen LogP contribution in [0.15, 0.2) is 53.1 Å². The van der Waals surface area contributed by atoms with Gasteiger partial charge in [-0.2, -0.15) is 0 Å². The van der Waals surface area contributed by atoms with E-state index in [2.05, 4.69) is 5.32 Å². The molecule has 0 spiro atoms. The highest BCUT2D eigenvalue weighted by Crippen LogP contribution is 2.22. The second kappa shape index (κ2) is 6.91. The van der Waals surface area contributed by atoms with Crippen molar-refractivity contribution in [1.82, 2.24) is 5.32 Å². The van der Waals surface area contributed by atoms with Gasteiger partial charge < -0.3 is 15.5 Å². The van der Waals surface area contributed by atoms with E-state index in [0.29, 0.717) is 13.0 Å². The van der Waals surface area contributed by atoms with E-state index >= 15 is 0 Å². The molecule has 2 atom stereocenters. The van der Waals surface area contributed by atoms with Gasteiger partial charge in [0, 0.05) is 6.42 Å². The maximum absolute atomic E-state index is 12.1. The first-order valence-corrected chi connectivity index (χ1v) is 6.78. The van der Waals surface area contributed by atoms with Crippen molar-refractivity contribution < 1.29 is 9.21 Å². The van der Waals surface area contributed by atoms with Crippen LogP contribution in [0.4, 0.5) is 0 Å². The smallest absolute Gasteiger partial charge is 0.221 e. The summed E-state index contributed by atoms with van der Waals surface area (Å²) in [6.07, 6.45) is 2.03. The summed E-state index contributed by atoms with van der Waals surface area (Å²) in [7, 11) is 0. The Kier molecular flexibility index (Phi) is 4.96. The highest BCUT2D eigenvalue weighted by Gasteiger charge is 2.19. The summed E-state index contributed by atoms with van der Waals surface area (Å²) < 4.78 is 5.44. The van der Waals surface area contributed by atoms with E-state index in [-0.39, 0.29) is 17.9 Å². The van der Waals surface area contributed by atoms with Crippen LogP contribution in [0.5, 0.6) is 0 Å². The topological polar surface area (TPSA) is 68.3 Å². The maximum Gasteiger partial charge on any atom is 0.221 e. The normalized spacial score (nSPS) is 13.7. The van der Waals surface area contributed by atoms with Crippen LogP contribution >= 0.6 is 0 Å². The number of hydrogen-bond acceptors (Lipinski definition) is 3. The van der Waals surface area contributed by atoms with Gasteiger partial charge in [0.2, 0.25) is 5.91 Å². The number of furan rings is 1. The van der Waals surface area contributed by atoms with Crippen LogP contribution in [0, 0.1) is 5.92 Å². The molecule has 1 amide bonds. The van der Waals surface area contributed by atoms with Crippen molar-refractivity contribution in [2.45, 2.75) is 19.4 Å². The molecule has 0 aliphatic heterocycles. The first-order valence-electron chi connectivity index (χ1n) is 6.78. The molecule has 1 aromatic carbocycles. The van der Waals surface area contributed by atoms with Crippen molar-refractivity contribution in [3.63, 3.8) is 0 Å². The van der Waals surface area contributed by atoms with Gasteiger partial charge >= 0.3 is 0 Å². The Hall–Kier alpha value is -2.07. The van der Waals surface area contributed by atoms with E-state index in [0.717, 1.165) is 11.3 Å². The minimum atomic E-state index is -0.260. The van der Waals surface area contributed by atoms with Crippen molar-refractivity contribution in [1.29, 1.82) is 0 Å². The SMILES string of the molecule is CC(CN)CC(=O)NC(c1ccccc1)c1ccco1. The molecule has 2 rings (SSSR count). The van der Waals surface area contributed by atoms with Crippen molar-refractivity contribution in [3.8, 4) is 0 Å². The Morgan fingerprint density at radius 3 is 2.60 bits per heavy atom. The fraction of sp³-hybridized carbons (Fsp3) is 0.312. The molecule has 1 aromatic heterocycles. The van der Waals surface area contributed by atoms with Crippen molar-refractivity contribution in [2.75, 3.05) is 6.54 Å². The maximum atomic E-state index is 12.1. The largest absolute Gasteiger partial charge is 0.467 e. The molecule has 4 heteroatoms. The average Bonchev–Trinajstić information content (AvgIpc) is 2.99. The summed E-state index contributed by atoms with van der Waals surface area (Å²) in [6, 6.07) is 13.2. The predicted molar refractivity (Wildman–Crippen MR) is 78.0 cm³/mol. The van der Waals surface area contributed by atoms with E-state index in [1.54, 1.807) is 6.26 Å². The molecular formula is C16H20N2O2. The minimum Gasteiger partial charge on any atom is -0.467 e. The van der Waals surface area contributed by atoms with Crippen molar-refractivity contribution in [3.05, 3.63) is 60.1 Å². The lowest BCUT2D eigenvalue weighted by Crippen LogP contribution is -2.31. The Labute approximate surface area is 119 Å². The zero-order valence-electron chi connectivity index (χ0n) is 11.6. The lowest BCUT2D eigenvalue weighted by atomic mass is 10.0. The molecule has 0 saturated carbocycles. The molecule has 106 valence electrons. The van der Waals surface area contributed by atoms with Crippen LogP contribution < -0.4 is 11.1 Å². The van der Waals surface area contributed by atoms with Crippen LogP contribution in [-0.4, -0.2) is 12.5 Å². The highest BCUT2D eigenvalue weighted by molar-refractivity contribution is 5.77. The number of nitrogens with one attached hydrogen (secondary N) is 1. The Morgan fingerprint density at radius 1 is 1.25 bits per heavy atom. The molecule has 0 aliphatic carbocycles. The summed E-state index contributed by atoms with van der Waals surface area (Å²) in [5, 5.41) is 3.01. The third-order valence-electron chi connectivity index (χ3n) is 3.20. The molecule has 4 nitrogen and oxygen atoms in total. The number of nitrogens with two attached hydrogens (primary N) is 1.